The van der Waals surface area contributed by atoms with Gasteiger partial charge in [0.05, 0.1) is 17.1 Å². The number of para-hydroxylation sites is 1. The maximum Gasteiger partial charge on any atom is 0.167 e. The minimum absolute atomic E-state index is 0.174. The van der Waals surface area contributed by atoms with Gasteiger partial charge in [0, 0.05) is 42.4 Å². The Bertz CT molecular complexity index is 1320. The average Bonchev–Trinajstić information content (AvgIpc) is 3.34. The molecule has 3 aromatic rings. The second-order valence-electron chi connectivity index (χ2n) is 8.59. The summed E-state index contributed by atoms with van der Waals surface area (Å²) in [7, 11) is 0. The third-order valence-electron chi connectivity index (χ3n) is 6.61. The molecule has 4 heteroatoms. The van der Waals surface area contributed by atoms with Crippen molar-refractivity contribution < 1.29 is 4.79 Å². The number of Topliss-reactive ketones (excluding diaryl/α,β-unsaturated/α-hetero) is 1. The molecule has 152 valence electrons. The number of nitrogens with zero attached hydrogens (tertiary/aromatic N) is 2. The van der Waals surface area contributed by atoms with Crippen molar-refractivity contribution in [3.05, 3.63) is 82.7 Å². The van der Waals surface area contributed by atoms with Crippen molar-refractivity contribution in [2.75, 3.05) is 11.9 Å². The molecule has 0 amide bonds. The third-order valence-corrected chi connectivity index (χ3v) is 6.61. The fourth-order valence-electron chi connectivity index (χ4n) is 4.97. The van der Waals surface area contributed by atoms with Crippen LogP contribution in [0.4, 0.5) is 11.4 Å². The molecule has 0 radical (unpaired) electrons. The van der Waals surface area contributed by atoms with Gasteiger partial charge in [-0.1, -0.05) is 30.3 Å². The summed E-state index contributed by atoms with van der Waals surface area (Å²) in [5, 5.41) is 3.52. The third kappa shape index (κ3) is 3.02. The monoisotopic (exact) mass is 405 g/mol. The number of aliphatic imine (C=N–C) groups is 1. The van der Waals surface area contributed by atoms with Crippen LogP contribution in [-0.4, -0.2) is 23.0 Å². The number of anilines is 1. The van der Waals surface area contributed by atoms with E-state index in [2.05, 4.69) is 36.5 Å². The molecule has 31 heavy (non-hydrogen) atoms. The fourth-order valence-corrected chi connectivity index (χ4v) is 4.97. The molecule has 0 atom stereocenters. The molecular weight excluding hydrogens is 382 g/mol. The molecule has 1 aromatic heterocycles. The number of nitrogens with one attached hydrogen (secondary N) is 1. The Hall–Kier alpha value is -3.53. The topological polar surface area (TPSA) is 54.4 Å². The van der Waals surface area contributed by atoms with Crippen LogP contribution >= 0.6 is 0 Å². The minimum atomic E-state index is 0.174. The number of fused-ring (bicyclic) bond motifs is 3. The zero-order valence-corrected chi connectivity index (χ0v) is 17.5. The molecule has 2 aromatic carbocycles. The number of allylic oxidation sites excluding steroid dienone is 2. The SMILES string of the molecule is Cc1c(-c2ccc3c(c2)/C(=C/C2=Nc4ccccc4C2)C(=O)C3)cnc2c1NCCC2. The molecule has 3 heterocycles. The first kappa shape index (κ1) is 18.3. The van der Waals surface area contributed by atoms with Gasteiger partial charge in [-0.05, 0) is 65.8 Å². The lowest BCUT2D eigenvalue weighted by atomic mass is 9.94. The number of hydrogen-bond donors (Lipinski definition) is 1. The Morgan fingerprint density at radius 2 is 1.94 bits per heavy atom. The van der Waals surface area contributed by atoms with E-state index >= 15 is 0 Å². The van der Waals surface area contributed by atoms with Gasteiger partial charge in [-0.15, -0.1) is 0 Å². The summed E-state index contributed by atoms with van der Waals surface area (Å²) < 4.78 is 0. The van der Waals surface area contributed by atoms with E-state index in [4.69, 9.17) is 9.98 Å². The lowest BCUT2D eigenvalue weighted by Crippen LogP contribution is -2.14. The Kier molecular flexibility index (Phi) is 4.13. The van der Waals surface area contributed by atoms with Crippen LogP contribution < -0.4 is 5.32 Å². The fraction of sp³-hybridized carbons (Fsp3) is 0.222. The van der Waals surface area contributed by atoms with Crippen LogP contribution in [0.3, 0.4) is 0 Å². The van der Waals surface area contributed by atoms with Crippen molar-refractivity contribution in [1.29, 1.82) is 0 Å². The molecule has 0 saturated heterocycles. The van der Waals surface area contributed by atoms with Crippen LogP contribution in [0.15, 0.2) is 59.7 Å². The van der Waals surface area contributed by atoms with Gasteiger partial charge in [0.25, 0.3) is 0 Å². The zero-order chi connectivity index (χ0) is 20.9. The van der Waals surface area contributed by atoms with Gasteiger partial charge in [0.1, 0.15) is 0 Å². The predicted molar refractivity (Wildman–Crippen MR) is 125 cm³/mol. The van der Waals surface area contributed by atoms with E-state index in [-0.39, 0.29) is 5.78 Å². The smallest absolute Gasteiger partial charge is 0.167 e. The lowest BCUT2D eigenvalue weighted by Gasteiger charge is -2.21. The highest BCUT2D eigenvalue weighted by Crippen LogP contribution is 2.37. The molecule has 4 nitrogen and oxygen atoms in total. The van der Waals surface area contributed by atoms with E-state index in [1.165, 1.54) is 16.8 Å². The number of hydrogen-bond acceptors (Lipinski definition) is 4. The van der Waals surface area contributed by atoms with Crippen LogP contribution in [0, 0.1) is 6.92 Å². The highest BCUT2D eigenvalue weighted by atomic mass is 16.1. The largest absolute Gasteiger partial charge is 0.383 e. The molecular formula is C27H23N3O. The number of aryl methyl sites for hydroxylation is 1. The van der Waals surface area contributed by atoms with Gasteiger partial charge < -0.3 is 5.32 Å². The first-order valence-corrected chi connectivity index (χ1v) is 10.9. The van der Waals surface area contributed by atoms with Gasteiger partial charge >= 0.3 is 0 Å². The summed E-state index contributed by atoms with van der Waals surface area (Å²) in [4.78, 5) is 22.3. The number of aromatic nitrogens is 1. The quantitative estimate of drug-likeness (QED) is 0.592. The average molecular weight is 406 g/mol. The minimum Gasteiger partial charge on any atom is -0.383 e. The molecule has 0 saturated carbocycles. The number of carbonyl (C=O) groups is 1. The van der Waals surface area contributed by atoms with Crippen molar-refractivity contribution in [1.82, 2.24) is 4.98 Å². The van der Waals surface area contributed by atoms with Crippen molar-refractivity contribution >= 4 is 28.4 Å². The maximum absolute atomic E-state index is 12.9. The van der Waals surface area contributed by atoms with Crippen molar-refractivity contribution in [2.45, 2.75) is 32.6 Å². The van der Waals surface area contributed by atoms with Crippen LogP contribution in [-0.2, 0) is 24.1 Å². The molecule has 0 unspecified atom stereocenters. The number of ketones is 1. The summed E-state index contributed by atoms with van der Waals surface area (Å²) in [6.07, 6.45) is 7.38. The summed E-state index contributed by atoms with van der Waals surface area (Å²) >= 11 is 0. The summed E-state index contributed by atoms with van der Waals surface area (Å²) in [6.45, 7) is 3.16. The maximum atomic E-state index is 12.9. The molecule has 0 spiro atoms. The van der Waals surface area contributed by atoms with E-state index < -0.39 is 0 Å². The van der Waals surface area contributed by atoms with Gasteiger partial charge in [-0.3, -0.25) is 14.8 Å². The van der Waals surface area contributed by atoms with Gasteiger partial charge in [-0.2, -0.15) is 0 Å². The normalized spacial score (nSPS) is 17.8. The Morgan fingerprint density at radius 1 is 1.03 bits per heavy atom. The molecule has 2 aliphatic heterocycles. The summed E-state index contributed by atoms with van der Waals surface area (Å²) in [6, 6.07) is 14.6. The second-order valence-corrected chi connectivity index (χ2v) is 8.59. The second kappa shape index (κ2) is 7.02. The van der Waals surface area contributed by atoms with Crippen LogP contribution in [0.5, 0.6) is 0 Å². The molecule has 3 aliphatic rings. The molecule has 0 bridgehead atoms. The number of rotatable bonds is 2. The summed E-state index contributed by atoms with van der Waals surface area (Å²) in [5.41, 5.74) is 11.9. The lowest BCUT2D eigenvalue weighted by molar-refractivity contribution is -0.112. The van der Waals surface area contributed by atoms with E-state index in [0.717, 1.165) is 70.7 Å². The van der Waals surface area contributed by atoms with Crippen LogP contribution in [0.25, 0.3) is 16.7 Å². The summed E-state index contributed by atoms with van der Waals surface area (Å²) in [5.74, 6) is 0.174. The number of benzene rings is 2. The van der Waals surface area contributed by atoms with E-state index in [0.29, 0.717) is 6.42 Å². The first-order valence-electron chi connectivity index (χ1n) is 10.9. The molecule has 6 rings (SSSR count). The Balaban J connectivity index is 1.40. The number of pyridine rings is 1. The molecule has 0 fully saturated rings. The van der Waals surface area contributed by atoms with E-state index in [1.807, 2.05) is 30.5 Å². The van der Waals surface area contributed by atoms with Crippen molar-refractivity contribution in [3.8, 4) is 11.1 Å². The van der Waals surface area contributed by atoms with E-state index in [1.54, 1.807) is 0 Å². The Morgan fingerprint density at radius 3 is 2.84 bits per heavy atom. The van der Waals surface area contributed by atoms with Crippen LogP contribution in [0.1, 0.15) is 34.4 Å². The standard InChI is InChI=1S/C27H23N3O/c1-16-23(15-29-25-7-4-10-28-27(16)25)17-8-9-18-13-26(31)22(21(18)12-17)14-20-11-19-5-2-3-6-24(19)30-20/h2-3,5-6,8-9,12,14-15,28H,4,7,10-11,13H2,1H3/b22-14-. The van der Waals surface area contributed by atoms with Gasteiger partial charge in [-0.25, -0.2) is 0 Å². The van der Waals surface area contributed by atoms with Crippen molar-refractivity contribution in [2.24, 2.45) is 4.99 Å². The molecule has 1 aliphatic carbocycles. The van der Waals surface area contributed by atoms with Gasteiger partial charge in [0.15, 0.2) is 5.78 Å². The van der Waals surface area contributed by atoms with Crippen LogP contribution in [0.2, 0.25) is 0 Å². The highest BCUT2D eigenvalue weighted by molar-refractivity contribution is 6.29. The molecule has 1 N–H and O–H groups in total. The van der Waals surface area contributed by atoms with E-state index in [9.17, 15) is 4.79 Å². The highest BCUT2D eigenvalue weighted by Gasteiger charge is 2.27. The van der Waals surface area contributed by atoms with Gasteiger partial charge in [0.2, 0.25) is 0 Å². The predicted octanol–water partition coefficient (Wildman–Crippen LogP) is 5.25. The Labute approximate surface area is 181 Å². The zero-order valence-electron chi connectivity index (χ0n) is 17.5. The van der Waals surface area contributed by atoms with Crippen molar-refractivity contribution in [3.63, 3.8) is 0 Å². The number of carbonyl (C=O) groups excluding carboxylic acids is 1. The first-order chi connectivity index (χ1) is 15.2.